The van der Waals surface area contributed by atoms with Crippen LogP contribution in [0.1, 0.15) is 17.2 Å². The first kappa shape index (κ1) is 19.7. The van der Waals surface area contributed by atoms with E-state index in [1.54, 1.807) is 29.3 Å². The van der Waals surface area contributed by atoms with Crippen LogP contribution in [0.2, 0.25) is 9.36 Å². The Kier molecular flexibility index (Phi) is 6.72. The summed E-state index contributed by atoms with van der Waals surface area (Å²) in [5.74, 6) is 1.21. The lowest BCUT2D eigenvalue weighted by Gasteiger charge is -2.20. The van der Waals surface area contributed by atoms with Crippen LogP contribution in [0.3, 0.4) is 0 Å². The fraction of sp³-hybridized carbons (Fsp3) is 0.200. The zero-order valence-electron chi connectivity index (χ0n) is 14.5. The summed E-state index contributed by atoms with van der Waals surface area (Å²) in [5, 5.41) is 0.665. The summed E-state index contributed by atoms with van der Waals surface area (Å²) in [6, 6.07) is 11.1. The van der Waals surface area contributed by atoms with Crippen LogP contribution in [0, 0.1) is 0 Å². The van der Waals surface area contributed by atoms with Gasteiger partial charge in [-0.15, -0.1) is 17.9 Å². The van der Waals surface area contributed by atoms with Crippen molar-refractivity contribution in [1.29, 1.82) is 0 Å². The monoisotopic (exact) mass is 420 g/mol. The second-order valence-electron chi connectivity index (χ2n) is 5.89. The lowest BCUT2D eigenvalue weighted by Crippen LogP contribution is -2.30. The van der Waals surface area contributed by atoms with Crippen molar-refractivity contribution in [2.75, 3.05) is 6.54 Å². The number of hydrogen-bond donors (Lipinski definition) is 0. The van der Waals surface area contributed by atoms with Crippen LogP contribution >= 0.6 is 34.5 Å². The Bertz CT molecular complexity index is 918. The third-order valence-electron chi connectivity index (χ3n) is 3.91. The van der Waals surface area contributed by atoms with Crippen molar-refractivity contribution in [2.24, 2.45) is 0 Å². The van der Waals surface area contributed by atoms with Crippen LogP contribution in [-0.4, -0.2) is 22.3 Å². The average molecular weight is 421 g/mol. The van der Waals surface area contributed by atoms with Gasteiger partial charge in [0.2, 0.25) is 5.91 Å². The van der Waals surface area contributed by atoms with Gasteiger partial charge in [-0.1, -0.05) is 29.3 Å². The van der Waals surface area contributed by atoms with Crippen LogP contribution in [0.15, 0.2) is 59.7 Å². The average Bonchev–Trinajstić information content (AvgIpc) is 3.29. The van der Waals surface area contributed by atoms with Gasteiger partial charge >= 0.3 is 0 Å². The van der Waals surface area contributed by atoms with Crippen LogP contribution in [0.5, 0.6) is 0 Å². The number of nitrogens with zero attached hydrogens (tertiary/aromatic N) is 2. The molecule has 0 radical (unpaired) electrons. The molecule has 0 aliphatic rings. The predicted octanol–water partition coefficient (Wildman–Crippen LogP) is 5.86. The Balaban J connectivity index is 1.60. The summed E-state index contributed by atoms with van der Waals surface area (Å²) < 4.78 is 6.47. The van der Waals surface area contributed by atoms with Gasteiger partial charge in [0.25, 0.3) is 0 Å². The number of amides is 1. The smallest absolute Gasteiger partial charge is 0.223 e. The molecule has 0 N–H and O–H groups in total. The number of carbonyl (C=O) groups excluding carboxylic acids is 1. The van der Waals surface area contributed by atoms with E-state index in [1.165, 1.54) is 11.3 Å². The maximum atomic E-state index is 12.6. The van der Waals surface area contributed by atoms with Crippen molar-refractivity contribution in [1.82, 2.24) is 9.88 Å². The van der Waals surface area contributed by atoms with Gasteiger partial charge in [-0.3, -0.25) is 4.79 Å². The highest BCUT2D eigenvalue weighted by atomic mass is 35.5. The molecule has 2 aromatic heterocycles. The van der Waals surface area contributed by atoms with Crippen molar-refractivity contribution in [3.05, 3.63) is 75.4 Å². The van der Waals surface area contributed by atoms with E-state index in [9.17, 15) is 4.79 Å². The van der Waals surface area contributed by atoms with E-state index >= 15 is 0 Å². The number of oxazole rings is 1. The molecule has 0 fully saturated rings. The minimum absolute atomic E-state index is 0.0191. The van der Waals surface area contributed by atoms with Crippen molar-refractivity contribution >= 4 is 40.4 Å². The molecule has 1 aromatic carbocycles. The Morgan fingerprint density at radius 2 is 2.00 bits per heavy atom. The van der Waals surface area contributed by atoms with Crippen molar-refractivity contribution in [3.63, 3.8) is 0 Å². The minimum Gasteiger partial charge on any atom is -0.441 e. The van der Waals surface area contributed by atoms with E-state index in [4.69, 9.17) is 27.6 Å². The molecule has 7 heteroatoms. The summed E-state index contributed by atoms with van der Waals surface area (Å²) in [6.07, 6.45) is 4.13. The molecule has 140 valence electrons. The number of rotatable bonds is 8. The van der Waals surface area contributed by atoms with E-state index in [0.29, 0.717) is 46.9 Å². The minimum atomic E-state index is 0.0191. The summed E-state index contributed by atoms with van der Waals surface area (Å²) in [6.45, 7) is 4.73. The van der Waals surface area contributed by atoms with E-state index in [0.717, 1.165) is 10.4 Å². The molecule has 0 bridgehead atoms. The normalized spacial score (nSPS) is 10.7. The molecular formula is C20H18Cl2N2O2S. The number of aromatic nitrogens is 1. The molecule has 0 aliphatic carbocycles. The topological polar surface area (TPSA) is 46.3 Å². The SMILES string of the molecule is C=CCN(Cc1ccc(Cl)s1)C(=O)CCc1ncc(-c2ccc(Cl)cc2)o1. The van der Waals surface area contributed by atoms with Crippen molar-refractivity contribution in [3.8, 4) is 11.3 Å². The van der Waals surface area contributed by atoms with Crippen molar-refractivity contribution < 1.29 is 9.21 Å². The van der Waals surface area contributed by atoms with Crippen LogP contribution in [0.25, 0.3) is 11.3 Å². The van der Waals surface area contributed by atoms with E-state index < -0.39 is 0 Å². The lowest BCUT2D eigenvalue weighted by atomic mass is 10.2. The number of thiophene rings is 1. The van der Waals surface area contributed by atoms with Gasteiger partial charge in [-0.05, 0) is 36.4 Å². The summed E-state index contributed by atoms with van der Waals surface area (Å²) >= 11 is 13.3. The number of halogens is 2. The first-order chi connectivity index (χ1) is 13.0. The Hall–Kier alpha value is -2.08. The van der Waals surface area contributed by atoms with Gasteiger partial charge in [-0.2, -0.15) is 0 Å². The van der Waals surface area contributed by atoms with Crippen LogP contribution in [-0.2, 0) is 17.8 Å². The van der Waals surface area contributed by atoms with E-state index in [-0.39, 0.29) is 5.91 Å². The summed E-state index contributed by atoms with van der Waals surface area (Å²) in [5.41, 5.74) is 0.896. The molecule has 3 aromatic rings. The fourth-order valence-electron chi connectivity index (χ4n) is 2.58. The maximum absolute atomic E-state index is 12.6. The van der Waals surface area contributed by atoms with E-state index in [2.05, 4.69) is 11.6 Å². The summed E-state index contributed by atoms with van der Waals surface area (Å²) in [4.78, 5) is 19.7. The van der Waals surface area contributed by atoms with Gasteiger partial charge in [0.1, 0.15) is 0 Å². The zero-order chi connectivity index (χ0) is 19.2. The summed E-state index contributed by atoms with van der Waals surface area (Å²) in [7, 11) is 0. The first-order valence-electron chi connectivity index (χ1n) is 8.38. The van der Waals surface area contributed by atoms with Gasteiger partial charge in [0.15, 0.2) is 11.7 Å². The molecule has 2 heterocycles. The van der Waals surface area contributed by atoms with Gasteiger partial charge in [0, 0.05) is 34.8 Å². The van der Waals surface area contributed by atoms with E-state index in [1.807, 2.05) is 24.3 Å². The first-order valence-corrected chi connectivity index (χ1v) is 9.96. The van der Waals surface area contributed by atoms with Crippen molar-refractivity contribution in [2.45, 2.75) is 19.4 Å². The molecule has 0 unspecified atom stereocenters. The molecule has 3 rings (SSSR count). The highest BCUT2D eigenvalue weighted by Gasteiger charge is 2.15. The quantitative estimate of drug-likeness (QED) is 0.428. The molecule has 4 nitrogen and oxygen atoms in total. The van der Waals surface area contributed by atoms with Gasteiger partial charge in [0.05, 0.1) is 17.1 Å². The standard InChI is InChI=1S/C20H18Cl2N2O2S/c1-2-11-24(13-16-7-8-18(22)27-16)20(25)10-9-19-23-12-17(26-19)14-3-5-15(21)6-4-14/h2-8,12H,1,9-11,13H2. The van der Waals surface area contributed by atoms with Gasteiger partial charge < -0.3 is 9.32 Å². The Morgan fingerprint density at radius 3 is 2.67 bits per heavy atom. The maximum Gasteiger partial charge on any atom is 0.223 e. The predicted molar refractivity (Wildman–Crippen MR) is 110 cm³/mol. The van der Waals surface area contributed by atoms with Gasteiger partial charge in [-0.25, -0.2) is 4.98 Å². The third-order valence-corrected chi connectivity index (χ3v) is 5.38. The molecule has 0 spiro atoms. The Labute approximate surface area is 172 Å². The second kappa shape index (κ2) is 9.22. The molecular weight excluding hydrogens is 403 g/mol. The lowest BCUT2D eigenvalue weighted by molar-refractivity contribution is -0.131. The Morgan fingerprint density at radius 1 is 1.22 bits per heavy atom. The fourth-order valence-corrected chi connectivity index (χ4v) is 3.81. The second-order valence-corrected chi connectivity index (χ2v) is 8.13. The number of aryl methyl sites for hydroxylation is 1. The molecule has 0 saturated heterocycles. The van der Waals surface area contributed by atoms with Crippen LogP contribution in [0.4, 0.5) is 0 Å². The third kappa shape index (κ3) is 5.45. The number of benzene rings is 1. The van der Waals surface area contributed by atoms with Crippen LogP contribution < -0.4 is 0 Å². The largest absolute Gasteiger partial charge is 0.441 e. The number of hydrogen-bond acceptors (Lipinski definition) is 4. The zero-order valence-corrected chi connectivity index (χ0v) is 16.9. The molecule has 0 saturated carbocycles. The molecule has 0 atom stereocenters. The highest BCUT2D eigenvalue weighted by Crippen LogP contribution is 2.24. The molecule has 27 heavy (non-hydrogen) atoms. The molecule has 0 aliphatic heterocycles. The number of carbonyl (C=O) groups is 1. The molecule has 1 amide bonds. The highest BCUT2D eigenvalue weighted by molar-refractivity contribution is 7.16.